The Morgan fingerprint density at radius 2 is 1.72 bits per heavy atom. The van der Waals surface area contributed by atoms with Crippen LogP contribution in [0.3, 0.4) is 0 Å². The molecule has 5 nitrogen and oxygen atoms in total. The van der Waals surface area contributed by atoms with Gasteiger partial charge in [0, 0.05) is 12.6 Å². The van der Waals surface area contributed by atoms with Gasteiger partial charge in [-0.3, -0.25) is 9.59 Å². The highest BCUT2D eigenvalue weighted by atomic mass is 16.2. The molecule has 0 bridgehead atoms. The highest BCUT2D eigenvalue weighted by molar-refractivity contribution is 5.95. The largest absolute Gasteiger partial charge is 0.329 e. The maximum Gasteiger partial charge on any atom is 0.246 e. The minimum Gasteiger partial charge on any atom is -0.329 e. The summed E-state index contributed by atoms with van der Waals surface area (Å²) in [6, 6.07) is 0.131. The molecule has 0 radical (unpaired) electrons. The molecule has 0 N–H and O–H groups in total. The van der Waals surface area contributed by atoms with Crippen LogP contribution in [0.4, 0.5) is 0 Å². The zero-order valence-electron chi connectivity index (χ0n) is 11.0. The van der Waals surface area contributed by atoms with Gasteiger partial charge in [-0.1, -0.05) is 0 Å². The third-order valence-corrected chi connectivity index (χ3v) is 4.58. The van der Waals surface area contributed by atoms with Gasteiger partial charge in [-0.15, -0.1) is 0 Å². The lowest BCUT2D eigenvalue weighted by molar-refractivity contribution is -0.156. The van der Waals surface area contributed by atoms with Crippen molar-refractivity contribution in [3.8, 4) is 0 Å². The number of fused-ring (bicyclic) bond motifs is 1. The van der Waals surface area contributed by atoms with Crippen LogP contribution < -0.4 is 0 Å². The van der Waals surface area contributed by atoms with E-state index >= 15 is 0 Å². The van der Waals surface area contributed by atoms with Crippen molar-refractivity contribution in [1.82, 2.24) is 14.7 Å². The molecule has 0 aromatic carbocycles. The topological polar surface area (TPSA) is 43.9 Å². The maximum absolute atomic E-state index is 12.5. The van der Waals surface area contributed by atoms with Gasteiger partial charge in [-0.05, 0) is 45.8 Å². The molecule has 0 spiro atoms. The summed E-state index contributed by atoms with van der Waals surface area (Å²) < 4.78 is 0. The van der Waals surface area contributed by atoms with Crippen LogP contribution in [0.5, 0.6) is 0 Å². The average Bonchev–Trinajstić information content (AvgIpc) is 2.85. The zero-order chi connectivity index (χ0) is 12.7. The van der Waals surface area contributed by atoms with Crippen LogP contribution in [0.2, 0.25) is 0 Å². The lowest BCUT2D eigenvalue weighted by Gasteiger charge is -2.43. The van der Waals surface area contributed by atoms with Gasteiger partial charge in [0.05, 0.1) is 0 Å². The summed E-state index contributed by atoms with van der Waals surface area (Å²) in [5.41, 5.74) is 0. The molecule has 100 valence electrons. The molecule has 3 rings (SSSR count). The van der Waals surface area contributed by atoms with Gasteiger partial charge in [0.2, 0.25) is 11.8 Å². The first kappa shape index (κ1) is 12.0. The first-order valence-electron chi connectivity index (χ1n) is 6.95. The smallest absolute Gasteiger partial charge is 0.246 e. The van der Waals surface area contributed by atoms with Crippen LogP contribution in [0.25, 0.3) is 0 Å². The van der Waals surface area contributed by atoms with E-state index in [-0.39, 0.29) is 23.9 Å². The molecule has 18 heavy (non-hydrogen) atoms. The second kappa shape index (κ2) is 4.53. The minimum atomic E-state index is -0.147. The maximum atomic E-state index is 12.5. The van der Waals surface area contributed by atoms with Crippen molar-refractivity contribution in [1.29, 1.82) is 0 Å². The quantitative estimate of drug-likeness (QED) is 0.654. The minimum absolute atomic E-state index is 0.147. The van der Waals surface area contributed by atoms with E-state index in [4.69, 9.17) is 0 Å². The molecule has 3 aliphatic rings. The number of hydrogen-bond acceptors (Lipinski definition) is 3. The number of amides is 2. The predicted molar refractivity (Wildman–Crippen MR) is 67.0 cm³/mol. The van der Waals surface area contributed by atoms with Gasteiger partial charge in [0.25, 0.3) is 0 Å². The van der Waals surface area contributed by atoms with Crippen LogP contribution in [-0.4, -0.2) is 71.8 Å². The van der Waals surface area contributed by atoms with Crippen molar-refractivity contribution in [2.45, 2.75) is 37.8 Å². The van der Waals surface area contributed by atoms with E-state index in [1.54, 1.807) is 4.90 Å². The molecule has 3 aliphatic heterocycles. The fraction of sp³-hybridized carbons (Fsp3) is 0.846. The van der Waals surface area contributed by atoms with Crippen molar-refractivity contribution in [3.63, 3.8) is 0 Å². The summed E-state index contributed by atoms with van der Waals surface area (Å²) in [6.45, 7) is 3.13. The van der Waals surface area contributed by atoms with Crippen molar-refractivity contribution in [2.24, 2.45) is 0 Å². The molecule has 0 aromatic heterocycles. The Bertz CT molecular complexity index is 363. The van der Waals surface area contributed by atoms with E-state index in [0.717, 1.165) is 45.3 Å². The molecule has 5 heteroatoms. The fourth-order valence-corrected chi connectivity index (χ4v) is 3.44. The van der Waals surface area contributed by atoms with Crippen molar-refractivity contribution in [2.75, 3.05) is 33.2 Å². The molecule has 3 heterocycles. The van der Waals surface area contributed by atoms with Crippen molar-refractivity contribution >= 4 is 11.8 Å². The van der Waals surface area contributed by atoms with Gasteiger partial charge in [0.15, 0.2) is 0 Å². The molecular formula is C13H21N3O2. The SMILES string of the molecule is CN1CCC(N2CC(=O)N3CCCC3C2=O)CC1. The Morgan fingerprint density at radius 3 is 2.44 bits per heavy atom. The third-order valence-electron chi connectivity index (χ3n) is 4.58. The van der Waals surface area contributed by atoms with Crippen LogP contribution in [0.15, 0.2) is 0 Å². The highest BCUT2D eigenvalue weighted by Gasteiger charge is 2.44. The van der Waals surface area contributed by atoms with Gasteiger partial charge < -0.3 is 14.7 Å². The first-order chi connectivity index (χ1) is 8.66. The third kappa shape index (κ3) is 1.90. The standard InChI is InChI=1S/C13H21N3O2/c1-14-7-4-10(5-8-14)16-9-12(17)15-6-2-3-11(15)13(16)18/h10-11H,2-9H2,1H3. The number of piperazine rings is 1. The van der Waals surface area contributed by atoms with Gasteiger partial charge in [-0.25, -0.2) is 0 Å². The van der Waals surface area contributed by atoms with E-state index in [0.29, 0.717) is 6.54 Å². The molecule has 0 aliphatic carbocycles. The van der Waals surface area contributed by atoms with E-state index in [2.05, 4.69) is 11.9 Å². The number of carbonyl (C=O) groups excluding carboxylic acids is 2. The number of carbonyl (C=O) groups is 2. The van der Waals surface area contributed by atoms with E-state index in [9.17, 15) is 9.59 Å². The van der Waals surface area contributed by atoms with Crippen LogP contribution in [0, 0.1) is 0 Å². The monoisotopic (exact) mass is 251 g/mol. The van der Waals surface area contributed by atoms with Gasteiger partial charge in [-0.2, -0.15) is 0 Å². The Labute approximate surface area is 108 Å². The van der Waals surface area contributed by atoms with E-state index < -0.39 is 0 Å². The number of rotatable bonds is 1. The Balaban J connectivity index is 1.72. The van der Waals surface area contributed by atoms with Crippen LogP contribution >= 0.6 is 0 Å². The molecule has 1 unspecified atom stereocenters. The van der Waals surface area contributed by atoms with Crippen molar-refractivity contribution in [3.05, 3.63) is 0 Å². The van der Waals surface area contributed by atoms with Gasteiger partial charge >= 0.3 is 0 Å². The highest BCUT2D eigenvalue weighted by Crippen LogP contribution is 2.27. The molecule has 3 saturated heterocycles. The lowest BCUT2D eigenvalue weighted by atomic mass is 10.0. The second-order valence-electron chi connectivity index (χ2n) is 5.75. The molecule has 2 amide bonds. The second-order valence-corrected chi connectivity index (χ2v) is 5.75. The summed E-state index contributed by atoms with van der Waals surface area (Å²) in [7, 11) is 2.11. The van der Waals surface area contributed by atoms with E-state index in [1.807, 2.05) is 4.90 Å². The summed E-state index contributed by atoms with van der Waals surface area (Å²) >= 11 is 0. The summed E-state index contributed by atoms with van der Waals surface area (Å²) in [6.07, 6.45) is 3.83. The van der Waals surface area contributed by atoms with Crippen LogP contribution in [-0.2, 0) is 9.59 Å². The number of piperidine rings is 1. The Hall–Kier alpha value is -1.10. The van der Waals surface area contributed by atoms with Crippen molar-refractivity contribution < 1.29 is 9.59 Å². The number of nitrogens with zero attached hydrogens (tertiary/aromatic N) is 3. The number of likely N-dealkylation sites (tertiary alicyclic amines) is 1. The van der Waals surface area contributed by atoms with Crippen LogP contribution in [0.1, 0.15) is 25.7 Å². The van der Waals surface area contributed by atoms with E-state index in [1.165, 1.54) is 0 Å². The molecule has 0 aromatic rings. The molecule has 0 saturated carbocycles. The number of hydrogen-bond donors (Lipinski definition) is 0. The molecule has 3 fully saturated rings. The zero-order valence-corrected chi connectivity index (χ0v) is 11.0. The average molecular weight is 251 g/mol. The Kier molecular flexibility index (Phi) is 3.01. The summed E-state index contributed by atoms with van der Waals surface area (Å²) in [4.78, 5) is 30.4. The fourth-order valence-electron chi connectivity index (χ4n) is 3.44. The normalized spacial score (nSPS) is 31.1. The van der Waals surface area contributed by atoms with Gasteiger partial charge in [0.1, 0.15) is 12.6 Å². The summed E-state index contributed by atoms with van der Waals surface area (Å²) in [5, 5.41) is 0. The molecule has 1 atom stereocenters. The lowest BCUT2D eigenvalue weighted by Crippen LogP contribution is -2.61. The Morgan fingerprint density at radius 1 is 1.00 bits per heavy atom. The first-order valence-corrected chi connectivity index (χ1v) is 6.95. The summed E-state index contributed by atoms with van der Waals surface area (Å²) in [5.74, 6) is 0.345. The molecular weight excluding hydrogens is 230 g/mol. The predicted octanol–water partition coefficient (Wildman–Crippen LogP) is -0.0862.